The maximum Gasteiger partial charge on any atom is 0.325 e. The second-order valence-corrected chi connectivity index (χ2v) is 1.53. The molecule has 49 valence electrons. The van der Waals surface area contributed by atoms with E-state index in [2.05, 4.69) is 10.7 Å². The zero-order chi connectivity index (χ0) is 7.28. The largest absolute Gasteiger partial charge is 0.451 e. The summed E-state index contributed by atoms with van der Waals surface area (Å²) in [4.78, 5) is 10.4. The van der Waals surface area contributed by atoms with Gasteiger partial charge in [-0.05, 0) is 6.92 Å². The van der Waals surface area contributed by atoms with Gasteiger partial charge in [0, 0.05) is 0 Å². The van der Waals surface area contributed by atoms with Gasteiger partial charge in [0.25, 0.3) is 0 Å². The summed E-state index contributed by atoms with van der Waals surface area (Å²) >= 11 is 0. The molecule has 0 rings (SSSR count). The van der Waals surface area contributed by atoms with Gasteiger partial charge in [-0.2, -0.15) is 0 Å². The SMILES string of the molecule is C#CCOC(=O)C(C)[NH]. The van der Waals surface area contributed by atoms with Crippen molar-refractivity contribution in [2.45, 2.75) is 13.0 Å². The highest BCUT2D eigenvalue weighted by molar-refractivity contribution is 5.74. The molecule has 0 spiro atoms. The number of esters is 1. The molecular formula is C6H8NO2. The summed E-state index contributed by atoms with van der Waals surface area (Å²) in [5.41, 5.74) is 6.82. The summed E-state index contributed by atoms with van der Waals surface area (Å²) in [5, 5.41) is 0. The summed E-state index contributed by atoms with van der Waals surface area (Å²) in [6.45, 7) is 1.39. The fraction of sp³-hybridized carbons (Fsp3) is 0.500. The molecule has 0 aromatic rings. The molecule has 1 N–H and O–H groups in total. The molecule has 0 aliphatic rings. The van der Waals surface area contributed by atoms with E-state index < -0.39 is 12.0 Å². The first-order valence-electron chi connectivity index (χ1n) is 2.49. The van der Waals surface area contributed by atoms with Gasteiger partial charge in [0.15, 0.2) is 6.61 Å². The summed E-state index contributed by atoms with van der Waals surface area (Å²) < 4.78 is 4.39. The van der Waals surface area contributed by atoms with Gasteiger partial charge in [-0.25, -0.2) is 5.73 Å². The van der Waals surface area contributed by atoms with Crippen LogP contribution >= 0.6 is 0 Å². The number of hydrogen-bond donors (Lipinski definition) is 0. The van der Waals surface area contributed by atoms with Crippen LogP contribution in [0.1, 0.15) is 6.92 Å². The summed E-state index contributed by atoms with van der Waals surface area (Å²) in [6, 6.07) is -0.835. The van der Waals surface area contributed by atoms with Crippen molar-refractivity contribution in [1.82, 2.24) is 5.73 Å². The van der Waals surface area contributed by atoms with Crippen molar-refractivity contribution in [2.75, 3.05) is 6.61 Å². The molecule has 0 aromatic carbocycles. The molecule has 9 heavy (non-hydrogen) atoms. The number of rotatable bonds is 2. The highest BCUT2D eigenvalue weighted by atomic mass is 16.5. The fourth-order valence-electron chi connectivity index (χ4n) is 0.238. The third-order valence-corrected chi connectivity index (χ3v) is 0.651. The number of hydrogen-bond acceptors (Lipinski definition) is 2. The van der Waals surface area contributed by atoms with E-state index in [1.807, 2.05) is 0 Å². The van der Waals surface area contributed by atoms with E-state index in [1.165, 1.54) is 6.92 Å². The Labute approximate surface area is 54.2 Å². The first-order chi connectivity index (χ1) is 4.18. The average molecular weight is 126 g/mol. The molecule has 0 bridgehead atoms. The van der Waals surface area contributed by atoms with Gasteiger partial charge >= 0.3 is 5.97 Å². The van der Waals surface area contributed by atoms with Crippen LogP contribution in [0.3, 0.4) is 0 Å². The van der Waals surface area contributed by atoms with Crippen LogP contribution in [-0.4, -0.2) is 18.6 Å². The predicted octanol–water partition coefficient (Wildman–Crippen LogP) is -0.166. The molecule has 3 heteroatoms. The lowest BCUT2D eigenvalue weighted by Crippen LogP contribution is -2.20. The summed E-state index contributed by atoms with van der Waals surface area (Å²) in [7, 11) is 0. The molecule has 0 amide bonds. The molecule has 1 atom stereocenters. The molecular weight excluding hydrogens is 118 g/mol. The second kappa shape index (κ2) is 3.93. The topological polar surface area (TPSA) is 50.1 Å². The van der Waals surface area contributed by atoms with Crippen LogP contribution in [0.4, 0.5) is 0 Å². The van der Waals surface area contributed by atoms with Gasteiger partial charge in [-0.3, -0.25) is 4.79 Å². The van der Waals surface area contributed by atoms with E-state index in [4.69, 9.17) is 12.2 Å². The molecule has 0 aliphatic heterocycles. The van der Waals surface area contributed by atoms with Crippen molar-refractivity contribution in [3.05, 3.63) is 0 Å². The molecule has 3 nitrogen and oxygen atoms in total. The Kier molecular flexibility index (Phi) is 3.49. The summed E-state index contributed by atoms with van der Waals surface area (Å²) in [5.74, 6) is 1.55. The quantitative estimate of drug-likeness (QED) is 0.381. The van der Waals surface area contributed by atoms with Crippen molar-refractivity contribution in [1.29, 1.82) is 0 Å². The maximum absolute atomic E-state index is 10.4. The molecule has 0 fully saturated rings. The minimum absolute atomic E-state index is 0.0396. The van der Waals surface area contributed by atoms with Crippen molar-refractivity contribution in [2.24, 2.45) is 0 Å². The highest BCUT2D eigenvalue weighted by Gasteiger charge is 2.07. The molecule has 0 aromatic heterocycles. The molecule has 1 unspecified atom stereocenters. The van der Waals surface area contributed by atoms with Crippen molar-refractivity contribution in [3.63, 3.8) is 0 Å². The third-order valence-electron chi connectivity index (χ3n) is 0.651. The molecule has 0 heterocycles. The van der Waals surface area contributed by atoms with E-state index in [-0.39, 0.29) is 6.61 Å². The van der Waals surface area contributed by atoms with Crippen LogP contribution in [0.2, 0.25) is 0 Å². The zero-order valence-electron chi connectivity index (χ0n) is 5.18. The zero-order valence-corrected chi connectivity index (χ0v) is 5.18. The standard InChI is InChI=1S/C6H8NO2/c1-3-4-9-6(8)5(2)7/h1,5,7H,4H2,2H3. The maximum atomic E-state index is 10.4. The number of carbonyl (C=O) groups is 1. The first-order valence-corrected chi connectivity index (χ1v) is 2.49. The Balaban J connectivity index is 3.42. The van der Waals surface area contributed by atoms with Crippen LogP contribution in [-0.2, 0) is 9.53 Å². The van der Waals surface area contributed by atoms with Gasteiger partial charge in [-0.1, -0.05) is 5.92 Å². The van der Waals surface area contributed by atoms with Crippen molar-refractivity contribution >= 4 is 5.97 Å². The van der Waals surface area contributed by atoms with E-state index in [9.17, 15) is 4.79 Å². The molecule has 0 aliphatic carbocycles. The first kappa shape index (κ1) is 7.99. The normalized spacial score (nSPS) is 11.7. The van der Waals surface area contributed by atoms with E-state index in [0.717, 1.165) is 0 Å². The van der Waals surface area contributed by atoms with Crippen LogP contribution < -0.4 is 5.73 Å². The Morgan fingerprint density at radius 2 is 2.56 bits per heavy atom. The summed E-state index contributed by atoms with van der Waals surface area (Å²) in [6.07, 6.45) is 4.79. The van der Waals surface area contributed by atoms with E-state index in [0.29, 0.717) is 0 Å². The lowest BCUT2D eigenvalue weighted by atomic mass is 10.4. The number of terminal acetylenes is 1. The number of ether oxygens (including phenoxy) is 1. The Bertz CT molecular complexity index is 134. The second-order valence-electron chi connectivity index (χ2n) is 1.53. The van der Waals surface area contributed by atoms with Crippen molar-refractivity contribution in [3.8, 4) is 12.3 Å². The predicted molar refractivity (Wildman–Crippen MR) is 32.4 cm³/mol. The monoisotopic (exact) mass is 126 g/mol. The van der Waals surface area contributed by atoms with Gasteiger partial charge in [0.05, 0.1) is 0 Å². The molecule has 1 radical (unpaired) electrons. The van der Waals surface area contributed by atoms with E-state index in [1.54, 1.807) is 0 Å². The highest BCUT2D eigenvalue weighted by Crippen LogP contribution is 1.83. The fourth-order valence-corrected chi connectivity index (χ4v) is 0.238. The van der Waals surface area contributed by atoms with Crippen LogP contribution in [0, 0.1) is 12.3 Å². The van der Waals surface area contributed by atoms with Crippen molar-refractivity contribution < 1.29 is 9.53 Å². The van der Waals surface area contributed by atoms with Gasteiger partial charge in [0.1, 0.15) is 6.04 Å². The third kappa shape index (κ3) is 3.56. The minimum atomic E-state index is -0.835. The van der Waals surface area contributed by atoms with Gasteiger partial charge < -0.3 is 4.74 Å². The van der Waals surface area contributed by atoms with Crippen LogP contribution in [0.25, 0.3) is 0 Å². The number of nitrogens with one attached hydrogen (secondary N) is 1. The Morgan fingerprint density at radius 1 is 2.00 bits per heavy atom. The lowest BCUT2D eigenvalue weighted by Gasteiger charge is -2.00. The van der Waals surface area contributed by atoms with Gasteiger partial charge in [0.2, 0.25) is 0 Å². The molecule has 0 saturated carbocycles. The van der Waals surface area contributed by atoms with Crippen LogP contribution in [0.5, 0.6) is 0 Å². The number of carbonyl (C=O) groups excluding carboxylic acids is 1. The average Bonchev–Trinajstić information content (AvgIpc) is 1.82. The van der Waals surface area contributed by atoms with E-state index >= 15 is 0 Å². The minimum Gasteiger partial charge on any atom is -0.451 e. The Hall–Kier alpha value is -1.01. The van der Waals surface area contributed by atoms with Gasteiger partial charge in [-0.15, -0.1) is 6.42 Å². The smallest absolute Gasteiger partial charge is 0.325 e. The lowest BCUT2D eigenvalue weighted by molar-refractivity contribution is -0.143. The Morgan fingerprint density at radius 3 is 2.89 bits per heavy atom. The van der Waals surface area contributed by atoms with Crippen LogP contribution in [0.15, 0.2) is 0 Å². The molecule has 0 saturated heterocycles.